The predicted octanol–water partition coefficient (Wildman–Crippen LogP) is 16.2. The van der Waals surface area contributed by atoms with Crippen LogP contribution < -0.4 is 5.32 Å². The number of aliphatic hydroxyl groups is 5. The smallest absolute Gasteiger partial charge is 0.305 e. The van der Waals surface area contributed by atoms with Crippen molar-refractivity contribution < 1.29 is 49.3 Å². The van der Waals surface area contributed by atoms with Gasteiger partial charge in [0.2, 0.25) is 5.91 Å². The molecule has 1 fully saturated rings. The quantitative estimate of drug-likeness (QED) is 0.0195. The number of allylic oxidation sites excluding steroid dienone is 9. The standard InChI is InChI=1S/C68H123NO10/c1-3-5-7-9-11-13-14-15-16-30-33-36-40-44-48-52-56-64(73)77-57-53-49-45-41-37-34-31-28-26-24-22-20-18-17-19-21-23-25-27-29-32-35-39-43-47-51-55-63(72)69-60(61(71)54-50-46-42-38-12-10-8-6-4-2)59-78-68-67(76)66(75)65(74)62(58-70)79-68/h4,6,12,16-17,19,30,38,50,54,60-62,65-68,70-71,74-76H,3,5,7-11,13-15,18,20-29,31-37,39-49,51-53,55-59H2,1-2H3,(H,69,72)/b6-4+,19-17-,30-16-,38-12+,54-50+. The minimum absolute atomic E-state index is 0.00420. The highest BCUT2D eigenvalue weighted by atomic mass is 16.7. The lowest BCUT2D eigenvalue weighted by atomic mass is 9.99. The van der Waals surface area contributed by atoms with Crippen LogP contribution in [-0.2, 0) is 23.8 Å². The van der Waals surface area contributed by atoms with Gasteiger partial charge in [-0.25, -0.2) is 0 Å². The number of hydrogen-bond acceptors (Lipinski definition) is 10. The first-order valence-electron chi connectivity index (χ1n) is 33.0. The van der Waals surface area contributed by atoms with Crippen LogP contribution in [0.5, 0.6) is 0 Å². The predicted molar refractivity (Wildman–Crippen MR) is 329 cm³/mol. The van der Waals surface area contributed by atoms with Crippen LogP contribution in [0.15, 0.2) is 60.8 Å². The van der Waals surface area contributed by atoms with Crippen molar-refractivity contribution in [2.45, 2.75) is 339 Å². The fourth-order valence-electron chi connectivity index (χ4n) is 10.2. The lowest BCUT2D eigenvalue weighted by Crippen LogP contribution is -2.60. The Hall–Kier alpha value is -2.64. The Morgan fingerprint density at radius 2 is 0.873 bits per heavy atom. The van der Waals surface area contributed by atoms with Gasteiger partial charge in [0.25, 0.3) is 0 Å². The first-order chi connectivity index (χ1) is 38.7. The van der Waals surface area contributed by atoms with Crippen LogP contribution in [0.2, 0.25) is 0 Å². The molecule has 79 heavy (non-hydrogen) atoms. The molecule has 1 aliphatic heterocycles. The Kier molecular flexibility index (Phi) is 53.8. The third-order valence-electron chi connectivity index (χ3n) is 15.4. The fraction of sp³-hybridized carbons (Fsp3) is 0.824. The van der Waals surface area contributed by atoms with Crippen molar-refractivity contribution in [3.8, 4) is 0 Å². The Balaban J connectivity index is 1.95. The van der Waals surface area contributed by atoms with Crippen molar-refractivity contribution in [2.75, 3.05) is 19.8 Å². The van der Waals surface area contributed by atoms with Crippen molar-refractivity contribution >= 4 is 11.9 Å². The van der Waals surface area contributed by atoms with Crippen LogP contribution in [0.3, 0.4) is 0 Å². The van der Waals surface area contributed by atoms with E-state index in [4.69, 9.17) is 14.2 Å². The van der Waals surface area contributed by atoms with E-state index < -0.39 is 49.5 Å². The number of esters is 1. The highest BCUT2D eigenvalue weighted by Crippen LogP contribution is 2.23. The van der Waals surface area contributed by atoms with E-state index in [1.807, 2.05) is 19.1 Å². The topological polar surface area (TPSA) is 175 Å². The van der Waals surface area contributed by atoms with Gasteiger partial charge in [-0.1, -0.05) is 241 Å². The first kappa shape index (κ1) is 74.4. The third kappa shape index (κ3) is 46.5. The summed E-state index contributed by atoms with van der Waals surface area (Å²) in [4.78, 5) is 25.1. The second kappa shape index (κ2) is 57.2. The van der Waals surface area contributed by atoms with Crippen molar-refractivity contribution in [1.29, 1.82) is 0 Å². The molecular weight excluding hydrogens is 991 g/mol. The SMILES string of the molecule is C/C=C/CC/C=C/CC/C=C/C(O)C(COC1OC(CO)C(O)C(O)C1O)NC(=O)CCCCCCCCCCCC/C=C\CCCCCCCCCCCCCCOC(=O)CCCCCCC/C=C\CCCCCCCCC. The summed E-state index contributed by atoms with van der Waals surface area (Å²) >= 11 is 0. The van der Waals surface area contributed by atoms with Crippen LogP contribution in [-0.4, -0.2) is 100 Å². The minimum atomic E-state index is -1.58. The average Bonchev–Trinajstić information content (AvgIpc) is 3.45. The molecule has 0 aromatic heterocycles. The van der Waals surface area contributed by atoms with Crippen LogP contribution in [0.4, 0.5) is 0 Å². The molecule has 1 heterocycles. The maximum atomic E-state index is 13.0. The molecule has 11 heteroatoms. The summed E-state index contributed by atoms with van der Waals surface area (Å²) in [7, 11) is 0. The maximum Gasteiger partial charge on any atom is 0.305 e. The Labute approximate surface area is 484 Å². The lowest BCUT2D eigenvalue weighted by Gasteiger charge is -2.40. The molecule has 7 unspecified atom stereocenters. The molecule has 6 N–H and O–H groups in total. The zero-order chi connectivity index (χ0) is 57.3. The zero-order valence-electron chi connectivity index (χ0n) is 50.8. The molecule has 1 aliphatic rings. The largest absolute Gasteiger partial charge is 0.466 e. The van der Waals surface area contributed by atoms with Crippen molar-refractivity contribution in [2.24, 2.45) is 0 Å². The van der Waals surface area contributed by atoms with E-state index in [1.54, 1.807) is 6.08 Å². The monoisotopic (exact) mass is 1110 g/mol. The third-order valence-corrected chi connectivity index (χ3v) is 15.4. The number of unbranched alkanes of at least 4 members (excludes halogenated alkanes) is 36. The number of nitrogens with one attached hydrogen (secondary N) is 1. The van der Waals surface area contributed by atoms with Gasteiger partial charge in [0.05, 0.1) is 32.0 Å². The van der Waals surface area contributed by atoms with E-state index in [-0.39, 0.29) is 18.5 Å². The molecule has 0 spiro atoms. The van der Waals surface area contributed by atoms with Gasteiger partial charge >= 0.3 is 5.97 Å². The van der Waals surface area contributed by atoms with Crippen molar-refractivity contribution in [1.82, 2.24) is 5.32 Å². The molecule has 11 nitrogen and oxygen atoms in total. The van der Waals surface area contributed by atoms with Gasteiger partial charge < -0.3 is 45.1 Å². The summed E-state index contributed by atoms with van der Waals surface area (Å²) in [6.45, 7) is 4.09. The van der Waals surface area contributed by atoms with Gasteiger partial charge in [-0.2, -0.15) is 0 Å². The number of carbonyl (C=O) groups is 2. The normalized spacial score (nSPS) is 18.8. The second-order valence-corrected chi connectivity index (χ2v) is 22.8. The zero-order valence-corrected chi connectivity index (χ0v) is 50.8. The molecule has 1 amide bonds. The van der Waals surface area contributed by atoms with Gasteiger partial charge in [0, 0.05) is 12.8 Å². The number of ether oxygens (including phenoxy) is 3. The molecule has 0 bridgehead atoms. The summed E-state index contributed by atoms with van der Waals surface area (Å²) in [5, 5.41) is 54.2. The summed E-state index contributed by atoms with van der Waals surface area (Å²) in [5.74, 6) is -0.206. The van der Waals surface area contributed by atoms with E-state index in [2.05, 4.69) is 54.8 Å². The fourth-order valence-corrected chi connectivity index (χ4v) is 10.2. The number of rotatable bonds is 57. The van der Waals surface area contributed by atoms with Gasteiger partial charge in [-0.3, -0.25) is 9.59 Å². The highest BCUT2D eigenvalue weighted by Gasteiger charge is 2.44. The number of carbonyl (C=O) groups excluding carboxylic acids is 2. The lowest BCUT2D eigenvalue weighted by molar-refractivity contribution is -0.302. The Morgan fingerprint density at radius 1 is 0.481 bits per heavy atom. The van der Waals surface area contributed by atoms with E-state index in [0.29, 0.717) is 19.4 Å². The van der Waals surface area contributed by atoms with E-state index in [1.165, 1.54) is 199 Å². The minimum Gasteiger partial charge on any atom is -0.466 e. The molecule has 1 saturated heterocycles. The summed E-state index contributed by atoms with van der Waals surface area (Å²) in [5.41, 5.74) is 0. The molecular formula is C68H123NO10. The van der Waals surface area contributed by atoms with Crippen LogP contribution in [0.1, 0.15) is 296 Å². The van der Waals surface area contributed by atoms with Gasteiger partial charge in [-0.15, -0.1) is 0 Å². The first-order valence-corrected chi connectivity index (χ1v) is 33.0. The van der Waals surface area contributed by atoms with Gasteiger partial charge in [-0.05, 0) is 103 Å². The van der Waals surface area contributed by atoms with Crippen molar-refractivity contribution in [3.05, 3.63) is 60.8 Å². The molecule has 7 atom stereocenters. The maximum absolute atomic E-state index is 13.0. The Bertz CT molecular complexity index is 1500. The summed E-state index contributed by atoms with van der Waals surface area (Å²) < 4.78 is 16.7. The van der Waals surface area contributed by atoms with Crippen molar-refractivity contribution in [3.63, 3.8) is 0 Å². The van der Waals surface area contributed by atoms with Gasteiger partial charge in [0.15, 0.2) is 6.29 Å². The van der Waals surface area contributed by atoms with E-state index in [9.17, 15) is 35.1 Å². The molecule has 0 saturated carbocycles. The van der Waals surface area contributed by atoms with Gasteiger partial charge in [0.1, 0.15) is 24.4 Å². The van der Waals surface area contributed by atoms with Crippen LogP contribution in [0.25, 0.3) is 0 Å². The van der Waals surface area contributed by atoms with E-state index in [0.717, 1.165) is 70.6 Å². The molecule has 0 aromatic carbocycles. The molecule has 0 radical (unpaired) electrons. The number of amides is 1. The number of aliphatic hydroxyl groups excluding tert-OH is 5. The molecule has 0 aliphatic carbocycles. The molecule has 1 rings (SSSR count). The van der Waals surface area contributed by atoms with Crippen LogP contribution >= 0.6 is 0 Å². The summed E-state index contributed by atoms with van der Waals surface area (Å²) in [6, 6.07) is -0.836. The Morgan fingerprint density at radius 3 is 1.33 bits per heavy atom. The molecule has 0 aromatic rings. The second-order valence-electron chi connectivity index (χ2n) is 22.8. The molecule has 460 valence electrons. The van der Waals surface area contributed by atoms with Crippen LogP contribution in [0, 0.1) is 0 Å². The summed E-state index contributed by atoms with van der Waals surface area (Å²) in [6.07, 6.45) is 65.2. The number of hydrogen-bond donors (Lipinski definition) is 6. The highest BCUT2D eigenvalue weighted by molar-refractivity contribution is 5.76. The van der Waals surface area contributed by atoms with E-state index >= 15 is 0 Å². The average molecular weight is 1110 g/mol.